The first kappa shape index (κ1) is 23.0. The summed E-state index contributed by atoms with van der Waals surface area (Å²) < 4.78 is 35.3. The number of ether oxygens (including phenoxy) is 2. The Morgan fingerprint density at radius 2 is 1.33 bits per heavy atom. The Morgan fingerprint density at radius 3 is 1.90 bits per heavy atom. The summed E-state index contributed by atoms with van der Waals surface area (Å²) in [6, 6.07) is 16.9. The van der Waals surface area contributed by atoms with E-state index in [4.69, 9.17) is 0 Å². The van der Waals surface area contributed by atoms with Gasteiger partial charge in [-0.1, -0.05) is 18.2 Å². The quantitative estimate of drug-likeness (QED) is 0.486. The number of para-hydroxylation sites is 1. The van der Waals surface area contributed by atoms with E-state index < -0.39 is 23.6 Å². The number of esters is 2. The van der Waals surface area contributed by atoms with Crippen LogP contribution in [0.25, 0.3) is 0 Å². The Labute approximate surface area is 180 Å². The van der Waals surface area contributed by atoms with E-state index in [0.29, 0.717) is 21.3 Å². The molecule has 0 aliphatic heterocycles. The summed E-state index contributed by atoms with van der Waals surface area (Å²) in [6.45, 7) is 0. The molecule has 8 heteroatoms. The predicted octanol–water partition coefficient (Wildman–Crippen LogP) is 5.73. The van der Waals surface area contributed by atoms with Crippen molar-refractivity contribution in [3.8, 4) is 0 Å². The average Bonchev–Trinajstić information content (AvgIpc) is 2.74. The van der Waals surface area contributed by atoms with Crippen molar-refractivity contribution in [3.63, 3.8) is 0 Å². The lowest BCUT2D eigenvalue weighted by Gasteiger charge is -2.10. The molecule has 0 aliphatic rings. The molecule has 0 radical (unpaired) electrons. The van der Waals surface area contributed by atoms with Crippen molar-refractivity contribution in [2.45, 2.75) is 0 Å². The lowest BCUT2D eigenvalue weighted by atomic mass is 10.1. The smallest absolute Gasteiger partial charge is 0.339 e. The van der Waals surface area contributed by atoms with Crippen LogP contribution in [-0.2, 0) is 9.47 Å². The van der Waals surface area contributed by atoms with Gasteiger partial charge in [-0.2, -0.15) is 0 Å². The number of hydrogen-bond donors (Lipinski definition) is 1. The second-order valence-electron chi connectivity index (χ2n) is 5.79. The Morgan fingerprint density at radius 1 is 0.800 bits per heavy atom. The third-order valence-electron chi connectivity index (χ3n) is 3.78. The molecular formula is C22H18BrF2NO4. The molecule has 0 saturated carbocycles. The van der Waals surface area contributed by atoms with Crippen LogP contribution in [0.4, 0.5) is 20.2 Å². The third-order valence-corrected chi connectivity index (χ3v) is 4.43. The molecule has 3 aromatic carbocycles. The first-order chi connectivity index (χ1) is 14.3. The van der Waals surface area contributed by atoms with Gasteiger partial charge in [0, 0.05) is 10.2 Å². The van der Waals surface area contributed by atoms with Crippen molar-refractivity contribution >= 4 is 39.2 Å². The fourth-order valence-electron chi connectivity index (χ4n) is 2.35. The number of benzene rings is 3. The molecule has 0 heterocycles. The zero-order valence-electron chi connectivity index (χ0n) is 16.1. The molecular weight excluding hydrogens is 460 g/mol. The molecule has 0 aromatic heterocycles. The highest BCUT2D eigenvalue weighted by Gasteiger charge is 2.13. The van der Waals surface area contributed by atoms with Crippen molar-refractivity contribution in [1.29, 1.82) is 0 Å². The SMILES string of the molecule is COC(=O)c1ccc(F)cc1Br.COC(=O)c1ccc(F)cc1Nc1ccccc1. The van der Waals surface area contributed by atoms with Gasteiger partial charge in [-0.25, -0.2) is 18.4 Å². The average molecular weight is 478 g/mol. The molecule has 0 spiro atoms. The van der Waals surface area contributed by atoms with Crippen LogP contribution in [-0.4, -0.2) is 26.2 Å². The molecule has 156 valence electrons. The minimum absolute atomic E-state index is 0.294. The summed E-state index contributed by atoms with van der Waals surface area (Å²) in [6.07, 6.45) is 0. The highest BCUT2D eigenvalue weighted by molar-refractivity contribution is 9.10. The Bertz CT molecular complexity index is 1030. The number of methoxy groups -OCH3 is 2. The Balaban J connectivity index is 0.000000232. The predicted molar refractivity (Wildman–Crippen MR) is 113 cm³/mol. The molecule has 1 N–H and O–H groups in total. The van der Waals surface area contributed by atoms with Gasteiger partial charge in [-0.3, -0.25) is 0 Å². The Kier molecular flexibility index (Phi) is 8.49. The molecule has 3 rings (SSSR count). The second-order valence-corrected chi connectivity index (χ2v) is 6.64. The molecule has 0 aliphatic carbocycles. The fraction of sp³-hybridized carbons (Fsp3) is 0.0909. The van der Waals surface area contributed by atoms with Gasteiger partial charge in [0.15, 0.2) is 0 Å². The number of carbonyl (C=O) groups excluding carboxylic acids is 2. The minimum atomic E-state index is -0.506. The number of hydrogen-bond acceptors (Lipinski definition) is 5. The first-order valence-corrected chi connectivity index (χ1v) is 9.38. The highest BCUT2D eigenvalue weighted by Crippen LogP contribution is 2.22. The van der Waals surface area contributed by atoms with Crippen LogP contribution in [0.2, 0.25) is 0 Å². The van der Waals surface area contributed by atoms with Crippen molar-refractivity contribution in [1.82, 2.24) is 0 Å². The summed E-state index contributed by atoms with van der Waals surface area (Å²) in [5, 5.41) is 2.99. The molecule has 5 nitrogen and oxygen atoms in total. The maximum atomic E-state index is 13.2. The zero-order valence-corrected chi connectivity index (χ0v) is 17.7. The third kappa shape index (κ3) is 6.38. The van der Waals surface area contributed by atoms with E-state index in [0.717, 1.165) is 5.69 Å². The fourth-order valence-corrected chi connectivity index (χ4v) is 2.86. The summed E-state index contributed by atoms with van der Waals surface area (Å²) in [4.78, 5) is 22.5. The lowest BCUT2D eigenvalue weighted by Crippen LogP contribution is -2.06. The Hall–Kier alpha value is -3.26. The summed E-state index contributed by atoms with van der Waals surface area (Å²) in [5.74, 6) is -1.80. The van der Waals surface area contributed by atoms with E-state index in [-0.39, 0.29) is 0 Å². The van der Waals surface area contributed by atoms with E-state index in [1.807, 2.05) is 30.3 Å². The number of rotatable bonds is 4. The van der Waals surface area contributed by atoms with Gasteiger partial charge < -0.3 is 14.8 Å². The van der Waals surface area contributed by atoms with Crippen LogP contribution < -0.4 is 5.32 Å². The largest absolute Gasteiger partial charge is 0.465 e. The van der Waals surface area contributed by atoms with Crippen molar-refractivity contribution in [2.75, 3.05) is 19.5 Å². The van der Waals surface area contributed by atoms with E-state index in [2.05, 4.69) is 30.7 Å². The molecule has 0 saturated heterocycles. The van der Waals surface area contributed by atoms with Crippen molar-refractivity contribution < 1.29 is 27.8 Å². The normalized spacial score (nSPS) is 9.77. The second kappa shape index (κ2) is 11.1. The molecule has 0 unspecified atom stereocenters. The molecule has 30 heavy (non-hydrogen) atoms. The number of halogens is 3. The number of anilines is 2. The maximum Gasteiger partial charge on any atom is 0.339 e. The maximum absolute atomic E-state index is 13.2. The van der Waals surface area contributed by atoms with Gasteiger partial charge in [0.25, 0.3) is 0 Å². The van der Waals surface area contributed by atoms with E-state index in [1.54, 1.807) is 0 Å². The molecule has 0 atom stereocenters. The molecule has 0 amide bonds. The van der Waals surface area contributed by atoms with Gasteiger partial charge in [0.05, 0.1) is 31.0 Å². The number of carbonyl (C=O) groups is 2. The summed E-state index contributed by atoms with van der Waals surface area (Å²) in [5.41, 5.74) is 1.77. The lowest BCUT2D eigenvalue weighted by molar-refractivity contribution is 0.0591. The zero-order chi connectivity index (χ0) is 22.1. The van der Waals surface area contributed by atoms with Crippen molar-refractivity contribution in [3.05, 3.63) is 94.0 Å². The summed E-state index contributed by atoms with van der Waals surface area (Å²) >= 11 is 3.05. The van der Waals surface area contributed by atoms with Gasteiger partial charge in [0.1, 0.15) is 11.6 Å². The van der Waals surface area contributed by atoms with Crippen LogP contribution in [0, 0.1) is 11.6 Å². The van der Waals surface area contributed by atoms with Gasteiger partial charge in [-0.05, 0) is 64.5 Å². The van der Waals surface area contributed by atoms with Gasteiger partial charge in [-0.15, -0.1) is 0 Å². The standard InChI is InChI=1S/C14H12FNO2.C8H6BrFO2/c1-18-14(17)12-8-7-10(15)9-13(12)16-11-5-3-2-4-6-11;1-12-8(11)6-3-2-5(10)4-7(6)9/h2-9,16H,1H3;2-4H,1H3. The van der Waals surface area contributed by atoms with E-state index in [1.165, 1.54) is 50.6 Å². The molecule has 0 fully saturated rings. The van der Waals surface area contributed by atoms with Crippen molar-refractivity contribution in [2.24, 2.45) is 0 Å². The first-order valence-electron chi connectivity index (χ1n) is 8.59. The van der Waals surface area contributed by atoms with Crippen LogP contribution in [0.15, 0.2) is 71.2 Å². The van der Waals surface area contributed by atoms with Crippen LogP contribution in [0.1, 0.15) is 20.7 Å². The number of nitrogens with one attached hydrogen (secondary N) is 1. The topological polar surface area (TPSA) is 64.6 Å². The van der Waals surface area contributed by atoms with Gasteiger partial charge in [0.2, 0.25) is 0 Å². The monoisotopic (exact) mass is 477 g/mol. The molecule has 0 bridgehead atoms. The van der Waals surface area contributed by atoms with E-state index in [9.17, 15) is 18.4 Å². The van der Waals surface area contributed by atoms with Crippen LogP contribution in [0.3, 0.4) is 0 Å². The van der Waals surface area contributed by atoms with Crippen LogP contribution >= 0.6 is 15.9 Å². The van der Waals surface area contributed by atoms with Crippen LogP contribution in [0.5, 0.6) is 0 Å². The summed E-state index contributed by atoms with van der Waals surface area (Å²) in [7, 11) is 2.57. The van der Waals surface area contributed by atoms with Gasteiger partial charge >= 0.3 is 11.9 Å². The van der Waals surface area contributed by atoms with E-state index >= 15 is 0 Å². The highest BCUT2D eigenvalue weighted by atomic mass is 79.9. The molecule has 3 aromatic rings. The minimum Gasteiger partial charge on any atom is -0.465 e.